The van der Waals surface area contributed by atoms with E-state index in [1.54, 1.807) is 37.3 Å². The molecule has 0 spiro atoms. The SMILES string of the molecule is CN(C)C#CC(=O)c1cccnc1. The monoisotopic (exact) mass is 174 g/mol. The smallest absolute Gasteiger partial charge is 0.239 e. The molecule has 0 unspecified atom stereocenters. The molecule has 13 heavy (non-hydrogen) atoms. The molecule has 1 aromatic heterocycles. The minimum absolute atomic E-state index is 0.207. The van der Waals surface area contributed by atoms with Crippen LogP contribution in [0.25, 0.3) is 0 Å². The number of carbonyl (C=O) groups is 1. The average Bonchev–Trinajstić information content (AvgIpc) is 2.15. The van der Waals surface area contributed by atoms with Crippen LogP contribution in [0, 0.1) is 12.0 Å². The third kappa shape index (κ3) is 2.96. The van der Waals surface area contributed by atoms with Gasteiger partial charge in [-0.1, -0.05) is 0 Å². The molecule has 1 heterocycles. The molecular weight excluding hydrogens is 164 g/mol. The van der Waals surface area contributed by atoms with Crippen molar-refractivity contribution in [2.24, 2.45) is 0 Å². The van der Waals surface area contributed by atoms with Crippen LogP contribution in [0.3, 0.4) is 0 Å². The van der Waals surface area contributed by atoms with Gasteiger partial charge in [0.15, 0.2) is 0 Å². The number of hydrogen-bond acceptors (Lipinski definition) is 3. The maximum Gasteiger partial charge on any atom is 0.239 e. The standard InChI is InChI=1S/C10H10N2O/c1-12(2)7-5-10(13)9-4-3-6-11-8-9/h3-4,6,8H,1-2H3. The van der Waals surface area contributed by atoms with Gasteiger partial charge >= 0.3 is 0 Å². The summed E-state index contributed by atoms with van der Waals surface area (Å²) in [6, 6.07) is 6.06. The van der Waals surface area contributed by atoms with Gasteiger partial charge in [-0.2, -0.15) is 0 Å². The van der Waals surface area contributed by atoms with E-state index in [1.165, 1.54) is 6.20 Å². The minimum atomic E-state index is -0.207. The minimum Gasteiger partial charge on any atom is -0.338 e. The Morgan fingerprint density at radius 1 is 1.54 bits per heavy atom. The average molecular weight is 174 g/mol. The van der Waals surface area contributed by atoms with Gasteiger partial charge in [-0.3, -0.25) is 9.78 Å². The fourth-order valence-electron chi connectivity index (χ4n) is 0.732. The van der Waals surface area contributed by atoms with E-state index in [9.17, 15) is 4.79 Å². The van der Waals surface area contributed by atoms with E-state index in [2.05, 4.69) is 16.9 Å². The Balaban J connectivity index is 2.78. The molecule has 0 aromatic carbocycles. The molecule has 0 aliphatic heterocycles. The molecule has 3 nitrogen and oxygen atoms in total. The number of hydrogen-bond donors (Lipinski definition) is 0. The molecule has 0 N–H and O–H groups in total. The topological polar surface area (TPSA) is 33.2 Å². The Morgan fingerprint density at radius 3 is 2.85 bits per heavy atom. The zero-order chi connectivity index (χ0) is 9.68. The number of carbonyl (C=O) groups excluding carboxylic acids is 1. The summed E-state index contributed by atoms with van der Waals surface area (Å²) in [4.78, 5) is 16.8. The lowest BCUT2D eigenvalue weighted by molar-refractivity contribution is 0.105. The number of rotatable bonds is 1. The van der Waals surface area contributed by atoms with Crippen molar-refractivity contribution in [3.63, 3.8) is 0 Å². The van der Waals surface area contributed by atoms with E-state index in [0.29, 0.717) is 5.56 Å². The quantitative estimate of drug-likeness (QED) is 0.358. The molecule has 0 fully saturated rings. The van der Waals surface area contributed by atoms with Gasteiger partial charge < -0.3 is 4.90 Å². The van der Waals surface area contributed by atoms with Gasteiger partial charge in [-0.25, -0.2) is 0 Å². The largest absolute Gasteiger partial charge is 0.338 e. The summed E-state index contributed by atoms with van der Waals surface area (Å²) in [5, 5.41) is 0. The van der Waals surface area contributed by atoms with Crippen LogP contribution in [0.15, 0.2) is 24.5 Å². The first-order chi connectivity index (χ1) is 6.20. The lowest BCUT2D eigenvalue weighted by atomic mass is 10.2. The Kier molecular flexibility index (Phi) is 3.04. The van der Waals surface area contributed by atoms with Crippen LogP contribution >= 0.6 is 0 Å². The molecule has 1 rings (SSSR count). The van der Waals surface area contributed by atoms with Crippen LogP contribution in [-0.2, 0) is 0 Å². The van der Waals surface area contributed by atoms with Gasteiger partial charge in [0.25, 0.3) is 0 Å². The number of ketones is 1. The van der Waals surface area contributed by atoms with E-state index in [-0.39, 0.29) is 5.78 Å². The van der Waals surface area contributed by atoms with Gasteiger partial charge in [0.2, 0.25) is 5.78 Å². The first-order valence-electron chi connectivity index (χ1n) is 3.83. The predicted molar refractivity (Wildman–Crippen MR) is 50.0 cm³/mol. The Bertz CT molecular complexity index is 346. The van der Waals surface area contributed by atoms with Gasteiger partial charge in [0.05, 0.1) is 0 Å². The lowest BCUT2D eigenvalue weighted by Crippen LogP contribution is -2.03. The molecule has 0 radical (unpaired) electrons. The molecular formula is C10H10N2O. The van der Waals surface area contributed by atoms with Crippen molar-refractivity contribution in [3.05, 3.63) is 30.1 Å². The van der Waals surface area contributed by atoms with E-state index < -0.39 is 0 Å². The van der Waals surface area contributed by atoms with Crippen molar-refractivity contribution in [2.75, 3.05) is 14.1 Å². The van der Waals surface area contributed by atoms with E-state index in [1.807, 2.05) is 0 Å². The second-order valence-corrected chi connectivity index (χ2v) is 2.70. The summed E-state index contributed by atoms with van der Waals surface area (Å²) in [6.07, 6.45) is 3.13. The van der Waals surface area contributed by atoms with Crippen molar-refractivity contribution in [3.8, 4) is 12.0 Å². The van der Waals surface area contributed by atoms with Gasteiger partial charge in [0, 0.05) is 38.1 Å². The van der Waals surface area contributed by atoms with Crippen LogP contribution < -0.4 is 0 Å². The zero-order valence-corrected chi connectivity index (χ0v) is 7.61. The third-order valence-electron chi connectivity index (χ3n) is 1.32. The van der Waals surface area contributed by atoms with Crippen LogP contribution in [0.2, 0.25) is 0 Å². The third-order valence-corrected chi connectivity index (χ3v) is 1.32. The zero-order valence-electron chi connectivity index (χ0n) is 7.61. The molecule has 0 amide bonds. The Labute approximate surface area is 77.4 Å². The molecule has 0 saturated heterocycles. The summed E-state index contributed by atoms with van der Waals surface area (Å²) in [6.45, 7) is 0. The van der Waals surface area contributed by atoms with Gasteiger partial charge in [-0.15, -0.1) is 0 Å². The number of nitrogens with zero attached hydrogens (tertiary/aromatic N) is 2. The molecule has 0 aliphatic carbocycles. The van der Waals surface area contributed by atoms with Gasteiger partial charge in [0.1, 0.15) is 0 Å². The summed E-state index contributed by atoms with van der Waals surface area (Å²) in [5.41, 5.74) is 0.525. The second kappa shape index (κ2) is 4.27. The molecule has 0 bridgehead atoms. The van der Waals surface area contributed by atoms with Crippen LogP contribution in [0.1, 0.15) is 10.4 Å². The van der Waals surface area contributed by atoms with Crippen LogP contribution in [0.5, 0.6) is 0 Å². The lowest BCUT2D eigenvalue weighted by Gasteiger charge is -1.97. The van der Waals surface area contributed by atoms with E-state index in [0.717, 1.165) is 0 Å². The van der Waals surface area contributed by atoms with Crippen molar-refractivity contribution in [2.45, 2.75) is 0 Å². The Hall–Kier alpha value is -1.82. The maximum atomic E-state index is 11.3. The van der Waals surface area contributed by atoms with E-state index >= 15 is 0 Å². The maximum absolute atomic E-state index is 11.3. The summed E-state index contributed by atoms with van der Waals surface area (Å²) < 4.78 is 0. The van der Waals surface area contributed by atoms with Crippen molar-refractivity contribution >= 4 is 5.78 Å². The summed E-state index contributed by atoms with van der Waals surface area (Å²) in [7, 11) is 3.56. The normalized spacial score (nSPS) is 8.46. The van der Waals surface area contributed by atoms with Gasteiger partial charge in [-0.05, 0) is 18.1 Å². The predicted octanol–water partition coefficient (Wildman–Crippen LogP) is 0.787. The molecule has 0 aliphatic rings. The highest BCUT2D eigenvalue weighted by molar-refractivity contribution is 6.08. The summed E-state index contributed by atoms with van der Waals surface area (Å²) in [5.74, 6) is 2.29. The molecule has 3 heteroatoms. The molecule has 66 valence electrons. The highest BCUT2D eigenvalue weighted by atomic mass is 16.1. The van der Waals surface area contributed by atoms with Crippen molar-refractivity contribution in [1.82, 2.24) is 9.88 Å². The number of aromatic nitrogens is 1. The molecule has 1 aromatic rings. The first-order valence-corrected chi connectivity index (χ1v) is 3.83. The van der Waals surface area contributed by atoms with E-state index in [4.69, 9.17) is 0 Å². The summed E-state index contributed by atoms with van der Waals surface area (Å²) >= 11 is 0. The van der Waals surface area contributed by atoms with Crippen molar-refractivity contribution < 1.29 is 4.79 Å². The highest BCUT2D eigenvalue weighted by Crippen LogP contribution is 1.95. The van der Waals surface area contributed by atoms with Crippen LogP contribution in [0.4, 0.5) is 0 Å². The second-order valence-electron chi connectivity index (χ2n) is 2.70. The Morgan fingerprint density at radius 2 is 2.31 bits per heavy atom. The first kappa shape index (κ1) is 9.27. The molecule has 0 atom stereocenters. The molecule has 0 saturated carbocycles. The fraction of sp³-hybridized carbons (Fsp3) is 0.200. The highest BCUT2D eigenvalue weighted by Gasteiger charge is 1.99. The number of pyridine rings is 1. The number of Topliss-reactive ketones (excluding diaryl/α,β-unsaturated/α-hetero) is 1. The van der Waals surface area contributed by atoms with Crippen LogP contribution in [-0.4, -0.2) is 29.8 Å². The fourth-order valence-corrected chi connectivity index (χ4v) is 0.732. The van der Waals surface area contributed by atoms with Crippen molar-refractivity contribution in [1.29, 1.82) is 0 Å².